The predicted octanol–water partition coefficient (Wildman–Crippen LogP) is 4.33. The molecule has 1 aromatic carbocycles. The van der Waals surface area contributed by atoms with Crippen molar-refractivity contribution in [1.29, 1.82) is 0 Å². The summed E-state index contributed by atoms with van der Waals surface area (Å²) in [7, 11) is 0. The Labute approximate surface area is 209 Å². The van der Waals surface area contributed by atoms with Gasteiger partial charge in [0.05, 0.1) is 17.7 Å². The Morgan fingerprint density at radius 1 is 1.00 bits per heavy atom. The summed E-state index contributed by atoms with van der Waals surface area (Å²) in [6.45, 7) is 0.0978. The summed E-state index contributed by atoms with van der Waals surface area (Å²) in [5, 5.41) is 7.66. The molecule has 1 aliphatic rings. The summed E-state index contributed by atoms with van der Waals surface area (Å²) in [6.07, 6.45) is 7.30. The molecule has 4 rings (SSSR count). The molecule has 1 atom stereocenters. The fraction of sp³-hybridized carbons (Fsp3) is 0.370. The van der Waals surface area contributed by atoms with E-state index in [0.29, 0.717) is 23.6 Å². The lowest BCUT2D eigenvalue weighted by Crippen LogP contribution is -2.49. The van der Waals surface area contributed by atoms with E-state index in [4.69, 9.17) is 4.42 Å². The number of benzene rings is 1. The van der Waals surface area contributed by atoms with E-state index >= 15 is 0 Å². The highest BCUT2D eigenvalue weighted by Gasteiger charge is 2.34. The molecule has 2 heterocycles. The summed E-state index contributed by atoms with van der Waals surface area (Å²) < 4.78 is 5.63. The molecule has 184 valence electrons. The summed E-state index contributed by atoms with van der Waals surface area (Å²) in [4.78, 5) is 41.5. The standard InChI is InChI=1S/C27H31N3O4S/c31-24(19-28-26(32)23-14-8-18-35-23)30(16-15-20-9-3-1-4-10-20)25(22-13-7-17-34-22)27(33)29-21-11-5-2-6-12-21/h1,3-4,7-10,13-14,17-18,21,25H,2,5-6,11-12,15-16,19H2,(H,28,32)(H,29,33)/t25-/m1/s1. The van der Waals surface area contributed by atoms with Crippen LogP contribution in [0, 0.1) is 0 Å². The van der Waals surface area contributed by atoms with E-state index in [0.717, 1.165) is 31.2 Å². The van der Waals surface area contributed by atoms with Crippen LogP contribution in [0.1, 0.15) is 59.1 Å². The van der Waals surface area contributed by atoms with E-state index in [1.807, 2.05) is 35.7 Å². The lowest BCUT2D eigenvalue weighted by molar-refractivity contribution is -0.141. The first-order valence-corrected chi connectivity index (χ1v) is 13.0. The average molecular weight is 494 g/mol. The third-order valence-corrected chi connectivity index (χ3v) is 7.14. The van der Waals surface area contributed by atoms with Gasteiger partial charge < -0.3 is 20.0 Å². The maximum atomic E-state index is 13.5. The van der Waals surface area contributed by atoms with Gasteiger partial charge in [-0.1, -0.05) is 55.7 Å². The summed E-state index contributed by atoms with van der Waals surface area (Å²) in [5.74, 6) is -0.495. The van der Waals surface area contributed by atoms with Gasteiger partial charge in [-0.2, -0.15) is 0 Å². The van der Waals surface area contributed by atoms with Crippen molar-refractivity contribution >= 4 is 29.1 Å². The van der Waals surface area contributed by atoms with Gasteiger partial charge >= 0.3 is 0 Å². The molecule has 1 saturated carbocycles. The van der Waals surface area contributed by atoms with Crippen molar-refractivity contribution in [3.05, 3.63) is 82.4 Å². The van der Waals surface area contributed by atoms with E-state index < -0.39 is 6.04 Å². The van der Waals surface area contributed by atoms with E-state index in [9.17, 15) is 14.4 Å². The molecule has 0 radical (unpaired) electrons. The van der Waals surface area contributed by atoms with Crippen molar-refractivity contribution in [2.24, 2.45) is 0 Å². The molecule has 0 bridgehead atoms. The van der Waals surface area contributed by atoms with Gasteiger partial charge in [0.25, 0.3) is 11.8 Å². The molecular weight excluding hydrogens is 462 g/mol. The zero-order valence-corrected chi connectivity index (χ0v) is 20.5. The summed E-state index contributed by atoms with van der Waals surface area (Å²) in [6, 6.07) is 15.9. The molecule has 3 amide bonds. The second-order valence-electron chi connectivity index (χ2n) is 8.74. The number of furan rings is 1. The van der Waals surface area contributed by atoms with Crippen LogP contribution in [-0.2, 0) is 16.0 Å². The summed E-state index contributed by atoms with van der Waals surface area (Å²) in [5.41, 5.74) is 1.05. The third kappa shape index (κ3) is 6.82. The van der Waals surface area contributed by atoms with Crippen molar-refractivity contribution in [3.63, 3.8) is 0 Å². The lowest BCUT2D eigenvalue weighted by atomic mass is 9.95. The van der Waals surface area contributed by atoms with Gasteiger partial charge in [0.15, 0.2) is 6.04 Å². The second kappa shape index (κ2) is 12.4. The van der Waals surface area contributed by atoms with Crippen LogP contribution in [0.3, 0.4) is 0 Å². The Balaban J connectivity index is 1.54. The number of carbonyl (C=O) groups is 3. The van der Waals surface area contributed by atoms with Gasteiger partial charge in [-0.15, -0.1) is 11.3 Å². The van der Waals surface area contributed by atoms with Crippen LogP contribution in [0.25, 0.3) is 0 Å². The number of thiophene rings is 1. The average Bonchev–Trinajstić information content (AvgIpc) is 3.61. The van der Waals surface area contributed by atoms with Crippen molar-refractivity contribution in [2.45, 2.75) is 50.6 Å². The number of rotatable bonds is 10. The number of nitrogens with zero attached hydrogens (tertiary/aromatic N) is 1. The number of amides is 3. The molecule has 3 aromatic rings. The molecule has 7 nitrogen and oxygen atoms in total. The van der Waals surface area contributed by atoms with Crippen LogP contribution in [0.4, 0.5) is 0 Å². The van der Waals surface area contributed by atoms with E-state index in [2.05, 4.69) is 10.6 Å². The topological polar surface area (TPSA) is 91.7 Å². The molecule has 0 aliphatic heterocycles. The summed E-state index contributed by atoms with van der Waals surface area (Å²) >= 11 is 1.31. The molecule has 0 saturated heterocycles. The quantitative estimate of drug-likeness (QED) is 0.440. The number of carbonyl (C=O) groups excluding carboxylic acids is 3. The van der Waals surface area contributed by atoms with Gasteiger partial charge in [-0.3, -0.25) is 14.4 Å². The van der Waals surface area contributed by atoms with Crippen LogP contribution < -0.4 is 10.6 Å². The van der Waals surface area contributed by atoms with Crippen molar-refractivity contribution in [3.8, 4) is 0 Å². The lowest BCUT2D eigenvalue weighted by Gasteiger charge is -2.32. The van der Waals surface area contributed by atoms with Crippen LogP contribution >= 0.6 is 11.3 Å². The largest absolute Gasteiger partial charge is 0.467 e. The zero-order valence-electron chi connectivity index (χ0n) is 19.7. The SMILES string of the molecule is O=C(NCC(=O)N(CCc1ccccc1)[C@@H](C(=O)NC1CCCCC1)c1ccco1)c1cccs1. The van der Waals surface area contributed by atoms with Crippen molar-refractivity contribution in [2.75, 3.05) is 13.1 Å². The highest BCUT2D eigenvalue weighted by molar-refractivity contribution is 7.12. The fourth-order valence-corrected chi connectivity index (χ4v) is 5.08. The number of nitrogens with one attached hydrogen (secondary N) is 2. The first-order valence-electron chi connectivity index (χ1n) is 12.1. The van der Waals surface area contributed by atoms with Crippen LogP contribution in [0.5, 0.6) is 0 Å². The minimum Gasteiger partial charge on any atom is -0.467 e. The van der Waals surface area contributed by atoms with Crippen molar-refractivity contribution in [1.82, 2.24) is 15.5 Å². The Morgan fingerprint density at radius 2 is 1.80 bits per heavy atom. The molecule has 0 unspecified atom stereocenters. The molecular formula is C27H31N3O4S. The molecule has 35 heavy (non-hydrogen) atoms. The Kier molecular flexibility index (Phi) is 8.73. The van der Waals surface area contributed by atoms with E-state index in [-0.39, 0.29) is 30.3 Å². The Bertz CT molecular complexity index is 1080. The second-order valence-corrected chi connectivity index (χ2v) is 9.69. The first-order chi connectivity index (χ1) is 17.1. The molecule has 2 aromatic heterocycles. The number of hydrogen-bond acceptors (Lipinski definition) is 5. The van der Waals surface area contributed by atoms with E-state index in [1.54, 1.807) is 24.3 Å². The Morgan fingerprint density at radius 3 is 2.49 bits per heavy atom. The molecule has 0 spiro atoms. The number of hydrogen-bond donors (Lipinski definition) is 2. The van der Waals surface area contributed by atoms with Crippen LogP contribution in [0.2, 0.25) is 0 Å². The monoisotopic (exact) mass is 493 g/mol. The van der Waals surface area contributed by atoms with Gasteiger partial charge in [0.2, 0.25) is 5.91 Å². The van der Waals surface area contributed by atoms with Gasteiger partial charge in [-0.25, -0.2) is 0 Å². The maximum Gasteiger partial charge on any atom is 0.261 e. The third-order valence-electron chi connectivity index (χ3n) is 6.27. The minimum atomic E-state index is -0.915. The predicted molar refractivity (Wildman–Crippen MR) is 135 cm³/mol. The van der Waals surface area contributed by atoms with Gasteiger partial charge in [0.1, 0.15) is 5.76 Å². The van der Waals surface area contributed by atoms with Crippen LogP contribution in [0.15, 0.2) is 70.7 Å². The highest BCUT2D eigenvalue weighted by atomic mass is 32.1. The fourth-order valence-electron chi connectivity index (χ4n) is 4.44. The minimum absolute atomic E-state index is 0.0957. The first kappa shape index (κ1) is 24.7. The van der Waals surface area contributed by atoms with Crippen LogP contribution in [-0.4, -0.2) is 41.8 Å². The maximum absolute atomic E-state index is 13.5. The molecule has 1 aliphatic carbocycles. The van der Waals surface area contributed by atoms with E-state index in [1.165, 1.54) is 28.9 Å². The molecule has 1 fully saturated rings. The highest BCUT2D eigenvalue weighted by Crippen LogP contribution is 2.25. The molecule has 2 N–H and O–H groups in total. The Hall–Kier alpha value is -3.39. The normalized spacial score (nSPS) is 14.7. The van der Waals surface area contributed by atoms with Gasteiger partial charge in [0, 0.05) is 12.6 Å². The van der Waals surface area contributed by atoms with Crippen molar-refractivity contribution < 1.29 is 18.8 Å². The zero-order chi connectivity index (χ0) is 24.5. The van der Waals surface area contributed by atoms with Gasteiger partial charge in [-0.05, 0) is 48.4 Å². The molecule has 8 heteroatoms. The smallest absolute Gasteiger partial charge is 0.261 e.